The molecule has 8 heteroatoms. The molecular formula is C21H25ClN2O4S. The molecule has 1 fully saturated rings. The Labute approximate surface area is 177 Å². The van der Waals surface area contributed by atoms with Gasteiger partial charge in [0.05, 0.1) is 17.7 Å². The van der Waals surface area contributed by atoms with Gasteiger partial charge in [-0.1, -0.05) is 35.9 Å². The second-order valence-corrected chi connectivity index (χ2v) is 9.62. The maximum Gasteiger partial charge on any atom is 0.337 e. The Balaban J connectivity index is 1.73. The summed E-state index contributed by atoms with van der Waals surface area (Å²) in [5.41, 5.74) is 1.56. The molecular weight excluding hydrogens is 412 g/mol. The second-order valence-electron chi connectivity index (χ2n) is 7.31. The fourth-order valence-corrected chi connectivity index (χ4v) is 5.78. The van der Waals surface area contributed by atoms with Crippen LogP contribution in [0.1, 0.15) is 29.8 Å². The molecule has 0 radical (unpaired) electrons. The smallest absolute Gasteiger partial charge is 0.337 e. The molecule has 0 spiro atoms. The summed E-state index contributed by atoms with van der Waals surface area (Å²) < 4.78 is 32.4. The van der Waals surface area contributed by atoms with Crippen molar-refractivity contribution >= 4 is 27.6 Å². The highest BCUT2D eigenvalue weighted by Crippen LogP contribution is 2.28. The Morgan fingerprint density at radius 1 is 1.07 bits per heavy atom. The van der Waals surface area contributed by atoms with Crippen molar-refractivity contribution in [2.75, 3.05) is 20.2 Å². The molecule has 0 amide bonds. The first kappa shape index (κ1) is 21.8. The van der Waals surface area contributed by atoms with Crippen LogP contribution in [0.25, 0.3) is 0 Å². The molecule has 0 unspecified atom stereocenters. The number of esters is 1. The van der Waals surface area contributed by atoms with Crippen LogP contribution in [0.5, 0.6) is 0 Å². The third-order valence-electron chi connectivity index (χ3n) is 5.26. The van der Waals surface area contributed by atoms with Crippen molar-refractivity contribution in [2.24, 2.45) is 0 Å². The van der Waals surface area contributed by atoms with Gasteiger partial charge in [-0.2, -0.15) is 4.31 Å². The molecule has 0 aromatic heterocycles. The zero-order valence-corrected chi connectivity index (χ0v) is 18.3. The van der Waals surface area contributed by atoms with E-state index in [0.29, 0.717) is 25.2 Å². The number of piperazine rings is 1. The lowest BCUT2D eigenvalue weighted by atomic mass is 10.1. The van der Waals surface area contributed by atoms with Crippen LogP contribution in [0, 0.1) is 0 Å². The Morgan fingerprint density at radius 2 is 1.66 bits per heavy atom. The van der Waals surface area contributed by atoms with Crippen molar-refractivity contribution in [3.63, 3.8) is 0 Å². The van der Waals surface area contributed by atoms with Crippen LogP contribution in [-0.4, -0.2) is 55.9 Å². The van der Waals surface area contributed by atoms with E-state index in [4.69, 9.17) is 16.3 Å². The number of hydrogen-bond acceptors (Lipinski definition) is 5. The van der Waals surface area contributed by atoms with Crippen molar-refractivity contribution in [3.8, 4) is 0 Å². The van der Waals surface area contributed by atoms with Crippen LogP contribution < -0.4 is 0 Å². The van der Waals surface area contributed by atoms with Crippen LogP contribution in [0.2, 0.25) is 5.02 Å². The van der Waals surface area contributed by atoms with Gasteiger partial charge in [0.1, 0.15) is 4.90 Å². The van der Waals surface area contributed by atoms with Crippen LogP contribution in [0.3, 0.4) is 0 Å². The predicted octanol–water partition coefficient (Wildman–Crippen LogP) is 3.41. The summed E-state index contributed by atoms with van der Waals surface area (Å²) in [4.78, 5) is 14.0. The predicted molar refractivity (Wildman–Crippen MR) is 112 cm³/mol. The van der Waals surface area contributed by atoms with E-state index in [1.165, 1.54) is 11.4 Å². The number of rotatable bonds is 5. The minimum atomic E-state index is -3.65. The van der Waals surface area contributed by atoms with Gasteiger partial charge in [-0.15, -0.1) is 0 Å². The highest BCUT2D eigenvalue weighted by molar-refractivity contribution is 7.89. The van der Waals surface area contributed by atoms with Crippen molar-refractivity contribution in [3.05, 3.63) is 64.7 Å². The molecule has 1 heterocycles. The molecule has 29 heavy (non-hydrogen) atoms. The number of benzene rings is 2. The van der Waals surface area contributed by atoms with E-state index >= 15 is 0 Å². The van der Waals surface area contributed by atoms with Gasteiger partial charge in [0.2, 0.25) is 10.0 Å². The van der Waals surface area contributed by atoms with Gasteiger partial charge < -0.3 is 4.74 Å². The fourth-order valence-electron chi connectivity index (χ4n) is 3.68. The molecule has 2 aromatic rings. The molecule has 1 aliphatic rings. The lowest BCUT2D eigenvalue weighted by Gasteiger charge is -2.43. The lowest BCUT2D eigenvalue weighted by molar-refractivity contribution is 0.0600. The van der Waals surface area contributed by atoms with Crippen molar-refractivity contribution in [2.45, 2.75) is 37.4 Å². The van der Waals surface area contributed by atoms with E-state index in [1.54, 1.807) is 36.4 Å². The molecule has 1 aliphatic heterocycles. The number of hydrogen-bond donors (Lipinski definition) is 0. The van der Waals surface area contributed by atoms with Gasteiger partial charge in [0, 0.05) is 31.7 Å². The SMILES string of the molecule is COC(=O)c1ccc(CN2[C@H](C)CN(S(=O)(=O)c3ccccc3Cl)C[C@@H]2C)cc1. The maximum atomic E-state index is 13.1. The molecule has 0 aliphatic carbocycles. The normalized spacial score (nSPS) is 21.1. The molecule has 0 saturated carbocycles. The summed E-state index contributed by atoms with van der Waals surface area (Å²) in [7, 11) is -2.29. The van der Waals surface area contributed by atoms with E-state index in [9.17, 15) is 13.2 Å². The monoisotopic (exact) mass is 436 g/mol. The molecule has 2 aromatic carbocycles. The molecule has 2 atom stereocenters. The first-order chi connectivity index (χ1) is 13.7. The van der Waals surface area contributed by atoms with E-state index in [-0.39, 0.29) is 28.0 Å². The van der Waals surface area contributed by atoms with Gasteiger partial charge in [-0.25, -0.2) is 13.2 Å². The minimum absolute atomic E-state index is 0.0243. The molecule has 3 rings (SSSR count). The third-order valence-corrected chi connectivity index (χ3v) is 7.59. The zero-order valence-electron chi connectivity index (χ0n) is 16.7. The average molecular weight is 437 g/mol. The van der Waals surface area contributed by atoms with Crippen molar-refractivity contribution in [1.29, 1.82) is 0 Å². The Hall–Kier alpha value is -1.93. The highest BCUT2D eigenvalue weighted by atomic mass is 35.5. The van der Waals surface area contributed by atoms with E-state index < -0.39 is 10.0 Å². The summed E-state index contributed by atoms with van der Waals surface area (Å²) in [6.07, 6.45) is 0. The third kappa shape index (κ3) is 4.64. The van der Waals surface area contributed by atoms with Crippen LogP contribution in [0.4, 0.5) is 0 Å². The van der Waals surface area contributed by atoms with Gasteiger partial charge in [-0.05, 0) is 43.7 Å². The van der Waals surface area contributed by atoms with Crippen LogP contribution in [-0.2, 0) is 21.3 Å². The summed E-state index contributed by atoms with van der Waals surface area (Å²) in [5, 5.41) is 0.237. The summed E-state index contributed by atoms with van der Waals surface area (Å²) in [5.74, 6) is -0.364. The van der Waals surface area contributed by atoms with Gasteiger partial charge >= 0.3 is 5.97 Å². The molecule has 6 nitrogen and oxygen atoms in total. The van der Waals surface area contributed by atoms with Crippen LogP contribution in [0.15, 0.2) is 53.4 Å². The number of carbonyl (C=O) groups is 1. The number of carbonyl (C=O) groups excluding carboxylic acids is 1. The first-order valence-corrected chi connectivity index (χ1v) is 11.2. The van der Waals surface area contributed by atoms with E-state index in [0.717, 1.165) is 5.56 Å². The Morgan fingerprint density at radius 3 is 2.21 bits per heavy atom. The molecule has 156 valence electrons. The summed E-state index contributed by atoms with van der Waals surface area (Å²) >= 11 is 6.13. The minimum Gasteiger partial charge on any atom is -0.465 e. The van der Waals surface area contributed by atoms with E-state index in [1.807, 2.05) is 26.0 Å². The molecule has 0 bridgehead atoms. The summed E-state index contributed by atoms with van der Waals surface area (Å²) in [6.45, 7) is 5.49. The van der Waals surface area contributed by atoms with Gasteiger partial charge in [0.25, 0.3) is 0 Å². The van der Waals surface area contributed by atoms with E-state index in [2.05, 4.69) is 4.90 Å². The van der Waals surface area contributed by atoms with Gasteiger partial charge in [0.15, 0.2) is 0 Å². The average Bonchev–Trinajstić information content (AvgIpc) is 2.70. The lowest BCUT2D eigenvalue weighted by Crippen LogP contribution is -2.57. The number of nitrogens with zero attached hydrogens (tertiary/aromatic N) is 2. The standard InChI is InChI=1S/C21H25ClN2O4S/c1-15-12-23(29(26,27)20-7-5-4-6-19(20)22)13-16(2)24(15)14-17-8-10-18(11-9-17)21(25)28-3/h4-11,15-16H,12-14H2,1-3H3/t15-,16+. The number of methoxy groups -OCH3 is 1. The molecule has 1 saturated heterocycles. The largest absolute Gasteiger partial charge is 0.465 e. The highest BCUT2D eigenvalue weighted by Gasteiger charge is 2.36. The Kier molecular flexibility index (Phi) is 6.63. The number of sulfonamides is 1. The fraction of sp³-hybridized carbons (Fsp3) is 0.381. The summed E-state index contributed by atoms with van der Waals surface area (Å²) in [6, 6.07) is 13.9. The Bertz CT molecular complexity index is 966. The second kappa shape index (κ2) is 8.83. The number of ether oxygens (including phenoxy) is 1. The van der Waals surface area contributed by atoms with Crippen molar-refractivity contribution < 1.29 is 17.9 Å². The van der Waals surface area contributed by atoms with Crippen LogP contribution >= 0.6 is 11.6 Å². The topological polar surface area (TPSA) is 66.9 Å². The number of halogens is 1. The maximum absolute atomic E-state index is 13.1. The van der Waals surface area contributed by atoms with Gasteiger partial charge in [-0.3, -0.25) is 4.90 Å². The van der Waals surface area contributed by atoms with Crippen molar-refractivity contribution in [1.82, 2.24) is 9.21 Å². The first-order valence-electron chi connectivity index (χ1n) is 9.41. The zero-order chi connectivity index (χ0) is 21.2. The quantitative estimate of drug-likeness (QED) is 0.672. The molecule has 0 N–H and O–H groups in total.